The molecule has 1 aromatic carbocycles. The zero-order chi connectivity index (χ0) is 16.5. The molecule has 0 saturated carbocycles. The average Bonchev–Trinajstić information content (AvgIpc) is 2.80. The van der Waals surface area contributed by atoms with Gasteiger partial charge in [0.2, 0.25) is 5.91 Å². The molecular weight excluding hydrogens is 301 g/mol. The molecule has 0 aliphatic carbocycles. The first kappa shape index (κ1) is 15.9. The fourth-order valence-corrected chi connectivity index (χ4v) is 2.40. The van der Waals surface area contributed by atoms with Crippen molar-refractivity contribution in [2.75, 3.05) is 0 Å². The number of amides is 1. The normalized spacial score (nSPS) is 14.5. The number of halogens is 3. The maximum absolute atomic E-state index is 13.4. The van der Waals surface area contributed by atoms with Crippen LogP contribution in [0.5, 0.6) is 0 Å². The SMILES string of the molecule is CC(=O)N[C@@H](C(=O)O)[C@@H](c1c[nH]c2ccccc12)C(F)(F)F. The number of rotatable bonds is 4. The smallest absolute Gasteiger partial charge is 0.398 e. The number of carbonyl (C=O) groups is 2. The van der Waals surface area contributed by atoms with E-state index in [9.17, 15) is 22.8 Å². The van der Waals surface area contributed by atoms with Crippen molar-refractivity contribution >= 4 is 22.8 Å². The third kappa shape index (κ3) is 3.05. The summed E-state index contributed by atoms with van der Waals surface area (Å²) in [5.41, 5.74) is 0.239. The predicted molar refractivity (Wildman–Crippen MR) is 72.3 cm³/mol. The van der Waals surface area contributed by atoms with Crippen LogP contribution in [0.4, 0.5) is 13.2 Å². The molecule has 2 rings (SSSR count). The summed E-state index contributed by atoms with van der Waals surface area (Å²) in [7, 11) is 0. The molecule has 0 radical (unpaired) electrons. The van der Waals surface area contributed by atoms with Crippen molar-refractivity contribution < 1.29 is 27.9 Å². The lowest BCUT2D eigenvalue weighted by atomic mass is 9.90. The maximum atomic E-state index is 13.4. The van der Waals surface area contributed by atoms with Crippen molar-refractivity contribution in [3.8, 4) is 0 Å². The van der Waals surface area contributed by atoms with Crippen LogP contribution in [0.2, 0.25) is 0 Å². The summed E-state index contributed by atoms with van der Waals surface area (Å²) in [4.78, 5) is 25.0. The summed E-state index contributed by atoms with van der Waals surface area (Å²) in [6.07, 6.45) is -3.71. The number of alkyl halides is 3. The molecule has 8 heteroatoms. The Morgan fingerprint density at radius 3 is 2.45 bits per heavy atom. The number of aromatic nitrogens is 1. The highest BCUT2D eigenvalue weighted by Crippen LogP contribution is 2.40. The van der Waals surface area contributed by atoms with Gasteiger partial charge >= 0.3 is 12.1 Å². The van der Waals surface area contributed by atoms with Gasteiger partial charge in [-0.3, -0.25) is 4.79 Å². The monoisotopic (exact) mass is 314 g/mol. The first-order chi connectivity index (χ1) is 10.2. The number of nitrogens with one attached hydrogen (secondary N) is 2. The quantitative estimate of drug-likeness (QED) is 0.810. The van der Waals surface area contributed by atoms with Crippen molar-refractivity contribution in [1.29, 1.82) is 0 Å². The van der Waals surface area contributed by atoms with Gasteiger partial charge in [0.05, 0.1) is 0 Å². The summed E-state index contributed by atoms with van der Waals surface area (Å²) in [5.74, 6) is -4.95. The van der Waals surface area contributed by atoms with Crippen LogP contribution in [-0.4, -0.2) is 34.2 Å². The zero-order valence-corrected chi connectivity index (χ0v) is 11.4. The van der Waals surface area contributed by atoms with Gasteiger partial charge in [0.15, 0.2) is 0 Å². The Labute approximate surface area is 123 Å². The average molecular weight is 314 g/mol. The minimum absolute atomic E-state index is 0.218. The number of aliphatic carboxylic acids is 1. The highest BCUT2D eigenvalue weighted by atomic mass is 19.4. The Kier molecular flexibility index (Phi) is 4.11. The number of carboxylic acid groups (broad SMARTS) is 1. The van der Waals surface area contributed by atoms with E-state index in [4.69, 9.17) is 5.11 Å². The summed E-state index contributed by atoms with van der Waals surface area (Å²) in [6, 6.07) is 4.15. The molecule has 0 aliphatic rings. The Morgan fingerprint density at radius 2 is 1.91 bits per heavy atom. The molecule has 0 spiro atoms. The summed E-state index contributed by atoms with van der Waals surface area (Å²) >= 11 is 0. The van der Waals surface area contributed by atoms with Gasteiger partial charge in [-0.15, -0.1) is 0 Å². The van der Waals surface area contributed by atoms with Gasteiger partial charge in [0.25, 0.3) is 0 Å². The number of benzene rings is 1. The molecule has 0 aliphatic heterocycles. The number of para-hydroxylation sites is 1. The number of hydrogen-bond donors (Lipinski definition) is 3. The Balaban J connectivity index is 2.59. The van der Waals surface area contributed by atoms with Crippen molar-refractivity contribution in [1.82, 2.24) is 10.3 Å². The highest BCUT2D eigenvalue weighted by molar-refractivity contribution is 5.87. The standard InChI is InChI=1S/C14H13F3N2O3/c1-7(20)19-12(13(21)22)11(14(15,16)17)9-6-18-10-5-3-2-4-8(9)10/h2-6,11-12,18H,1H3,(H,19,20)(H,21,22)/t11-,12-/m1/s1. The molecule has 22 heavy (non-hydrogen) atoms. The predicted octanol–water partition coefficient (Wildman–Crippen LogP) is 2.40. The number of hydrogen-bond acceptors (Lipinski definition) is 2. The lowest BCUT2D eigenvalue weighted by Gasteiger charge is -2.26. The lowest BCUT2D eigenvalue weighted by Crippen LogP contribution is -2.48. The second-order valence-corrected chi connectivity index (χ2v) is 4.83. The summed E-state index contributed by atoms with van der Waals surface area (Å²) < 4.78 is 40.3. The van der Waals surface area contributed by atoms with E-state index in [0.717, 1.165) is 13.1 Å². The summed E-state index contributed by atoms with van der Waals surface area (Å²) in [6.45, 7) is 0.971. The van der Waals surface area contributed by atoms with Gasteiger partial charge < -0.3 is 15.4 Å². The van der Waals surface area contributed by atoms with Gasteiger partial charge in [0.1, 0.15) is 12.0 Å². The van der Waals surface area contributed by atoms with Crippen LogP contribution >= 0.6 is 0 Å². The maximum Gasteiger partial charge on any atom is 0.398 e. The summed E-state index contributed by atoms with van der Waals surface area (Å²) in [5, 5.41) is 11.2. The van der Waals surface area contributed by atoms with Crippen LogP contribution in [0, 0.1) is 0 Å². The van der Waals surface area contributed by atoms with Crippen LogP contribution in [0.15, 0.2) is 30.5 Å². The first-order valence-electron chi connectivity index (χ1n) is 6.34. The van der Waals surface area contributed by atoms with Gasteiger partial charge in [-0.05, 0) is 11.6 Å². The van der Waals surface area contributed by atoms with E-state index in [-0.39, 0.29) is 10.9 Å². The van der Waals surface area contributed by atoms with E-state index in [1.807, 2.05) is 5.32 Å². The number of carbonyl (C=O) groups excluding carboxylic acids is 1. The fourth-order valence-electron chi connectivity index (χ4n) is 2.40. The van der Waals surface area contributed by atoms with Crippen molar-refractivity contribution in [2.24, 2.45) is 0 Å². The van der Waals surface area contributed by atoms with E-state index in [1.54, 1.807) is 18.2 Å². The van der Waals surface area contributed by atoms with Crippen LogP contribution in [0.1, 0.15) is 18.4 Å². The van der Waals surface area contributed by atoms with Crippen molar-refractivity contribution in [3.05, 3.63) is 36.0 Å². The van der Waals surface area contributed by atoms with Crippen molar-refractivity contribution in [3.63, 3.8) is 0 Å². The largest absolute Gasteiger partial charge is 0.480 e. The van der Waals surface area contributed by atoms with E-state index in [1.165, 1.54) is 6.07 Å². The number of fused-ring (bicyclic) bond motifs is 1. The van der Waals surface area contributed by atoms with Crippen LogP contribution in [-0.2, 0) is 9.59 Å². The van der Waals surface area contributed by atoms with Gasteiger partial charge in [-0.25, -0.2) is 4.79 Å². The molecule has 1 aromatic heterocycles. The Morgan fingerprint density at radius 1 is 1.27 bits per heavy atom. The van der Waals surface area contributed by atoms with Gasteiger partial charge in [-0.2, -0.15) is 13.2 Å². The molecule has 0 unspecified atom stereocenters. The number of aromatic amines is 1. The Bertz CT molecular complexity index is 709. The molecule has 3 N–H and O–H groups in total. The van der Waals surface area contributed by atoms with E-state index in [2.05, 4.69) is 4.98 Å². The van der Waals surface area contributed by atoms with Gasteiger partial charge in [0, 0.05) is 24.0 Å². The molecule has 1 amide bonds. The third-order valence-corrected chi connectivity index (χ3v) is 3.27. The molecule has 0 bridgehead atoms. The molecule has 0 saturated heterocycles. The van der Waals surface area contributed by atoms with E-state index in [0.29, 0.717) is 5.52 Å². The minimum Gasteiger partial charge on any atom is -0.480 e. The van der Waals surface area contributed by atoms with E-state index < -0.39 is 30.0 Å². The second kappa shape index (κ2) is 5.70. The second-order valence-electron chi connectivity index (χ2n) is 4.83. The van der Waals surface area contributed by atoms with Crippen LogP contribution < -0.4 is 5.32 Å². The molecule has 2 aromatic rings. The number of carboxylic acids is 1. The fraction of sp³-hybridized carbons (Fsp3) is 0.286. The molecule has 118 valence electrons. The minimum atomic E-state index is -4.84. The lowest BCUT2D eigenvalue weighted by molar-refractivity contribution is -0.170. The molecule has 0 fully saturated rings. The van der Waals surface area contributed by atoms with Crippen LogP contribution in [0.3, 0.4) is 0 Å². The van der Waals surface area contributed by atoms with Crippen molar-refractivity contribution in [2.45, 2.75) is 25.1 Å². The molecule has 2 atom stereocenters. The Hall–Kier alpha value is -2.51. The van der Waals surface area contributed by atoms with Gasteiger partial charge in [-0.1, -0.05) is 18.2 Å². The first-order valence-corrected chi connectivity index (χ1v) is 6.34. The molecular formula is C14H13F3N2O3. The highest BCUT2D eigenvalue weighted by Gasteiger charge is 2.50. The topological polar surface area (TPSA) is 82.2 Å². The van der Waals surface area contributed by atoms with Crippen LogP contribution in [0.25, 0.3) is 10.9 Å². The molecule has 1 heterocycles. The zero-order valence-electron chi connectivity index (χ0n) is 11.4. The molecule has 5 nitrogen and oxygen atoms in total. The third-order valence-electron chi connectivity index (χ3n) is 3.27. The number of H-pyrrole nitrogens is 1. The van der Waals surface area contributed by atoms with E-state index >= 15 is 0 Å².